The Morgan fingerprint density at radius 2 is 2.00 bits per heavy atom. The zero-order valence-electron chi connectivity index (χ0n) is 16.9. The van der Waals surface area contributed by atoms with Gasteiger partial charge < -0.3 is 15.4 Å². The van der Waals surface area contributed by atoms with Gasteiger partial charge in [-0.05, 0) is 31.0 Å². The quantitative estimate of drug-likeness (QED) is 0.711. The van der Waals surface area contributed by atoms with Gasteiger partial charge in [-0.2, -0.15) is 10.5 Å². The van der Waals surface area contributed by atoms with E-state index in [0.717, 1.165) is 23.1 Å². The molecule has 8 heteroatoms. The maximum Gasteiger partial charge on any atom is 0.243 e. The Hall–Kier alpha value is -2.97. The van der Waals surface area contributed by atoms with Crippen molar-refractivity contribution >= 4 is 23.6 Å². The van der Waals surface area contributed by atoms with E-state index in [4.69, 9.17) is 4.74 Å². The lowest BCUT2D eigenvalue weighted by Gasteiger charge is -2.35. The highest BCUT2D eigenvalue weighted by Gasteiger charge is 2.45. The summed E-state index contributed by atoms with van der Waals surface area (Å²) >= 11 is 1.12. The van der Waals surface area contributed by atoms with Crippen molar-refractivity contribution in [3.8, 4) is 17.9 Å². The van der Waals surface area contributed by atoms with Gasteiger partial charge in [0.25, 0.3) is 0 Å². The molecule has 0 aliphatic carbocycles. The predicted octanol–water partition coefficient (Wildman–Crippen LogP) is 2.51. The zero-order valence-corrected chi connectivity index (χ0v) is 17.7. The second-order valence-corrected chi connectivity index (χ2v) is 8.59. The SMILES string of the molecule is COc1ccc(CCNC(=O)[C@H](C)SC2=C(C#N)C(C)(C)[C@H](C#N)C(=O)N2)cc1. The number of hydrogen-bond donors (Lipinski definition) is 2. The average molecular weight is 413 g/mol. The number of methoxy groups -OCH3 is 1. The Balaban J connectivity index is 1.99. The number of ether oxygens (including phenoxy) is 1. The molecule has 1 aliphatic rings. The molecule has 0 unspecified atom stereocenters. The summed E-state index contributed by atoms with van der Waals surface area (Å²) in [5.41, 5.74) is 0.467. The molecule has 152 valence electrons. The number of carbonyl (C=O) groups is 2. The van der Waals surface area contributed by atoms with E-state index < -0.39 is 22.5 Å². The molecule has 29 heavy (non-hydrogen) atoms. The van der Waals surface area contributed by atoms with Crippen LogP contribution in [0.3, 0.4) is 0 Å². The van der Waals surface area contributed by atoms with Gasteiger partial charge in [0.2, 0.25) is 11.8 Å². The maximum atomic E-state index is 12.4. The number of nitrogens with one attached hydrogen (secondary N) is 2. The van der Waals surface area contributed by atoms with Crippen LogP contribution in [0.25, 0.3) is 0 Å². The molecule has 0 fully saturated rings. The molecule has 2 amide bonds. The number of hydrogen-bond acceptors (Lipinski definition) is 6. The first-order valence-corrected chi connectivity index (χ1v) is 10.0. The van der Waals surface area contributed by atoms with E-state index in [1.807, 2.05) is 30.3 Å². The number of rotatable bonds is 7. The first-order chi connectivity index (χ1) is 13.7. The van der Waals surface area contributed by atoms with E-state index >= 15 is 0 Å². The monoisotopic (exact) mass is 412 g/mol. The van der Waals surface area contributed by atoms with Crippen LogP contribution >= 0.6 is 11.8 Å². The number of amides is 2. The van der Waals surface area contributed by atoms with Gasteiger partial charge in [0, 0.05) is 12.0 Å². The van der Waals surface area contributed by atoms with Crippen molar-refractivity contribution in [2.24, 2.45) is 11.3 Å². The Labute approximate surface area is 175 Å². The highest BCUT2D eigenvalue weighted by atomic mass is 32.2. The van der Waals surface area contributed by atoms with Crippen LogP contribution in [0.4, 0.5) is 0 Å². The van der Waals surface area contributed by atoms with E-state index in [-0.39, 0.29) is 5.91 Å². The Kier molecular flexibility index (Phi) is 7.30. The van der Waals surface area contributed by atoms with Crippen LogP contribution < -0.4 is 15.4 Å². The van der Waals surface area contributed by atoms with Crippen LogP contribution in [0.5, 0.6) is 5.75 Å². The summed E-state index contributed by atoms with van der Waals surface area (Å²) in [5, 5.41) is 24.1. The van der Waals surface area contributed by atoms with Crippen LogP contribution in [-0.4, -0.2) is 30.7 Å². The topological polar surface area (TPSA) is 115 Å². The van der Waals surface area contributed by atoms with Gasteiger partial charge in [-0.25, -0.2) is 0 Å². The number of allylic oxidation sites excluding steroid dienone is 1. The van der Waals surface area contributed by atoms with Gasteiger partial charge >= 0.3 is 0 Å². The van der Waals surface area contributed by atoms with Crippen LogP contribution in [0.15, 0.2) is 34.9 Å². The van der Waals surface area contributed by atoms with Crippen molar-refractivity contribution < 1.29 is 14.3 Å². The smallest absolute Gasteiger partial charge is 0.243 e. The summed E-state index contributed by atoms with van der Waals surface area (Å²) in [6.45, 7) is 5.57. The lowest BCUT2D eigenvalue weighted by Crippen LogP contribution is -2.45. The molecule has 0 saturated heterocycles. The molecule has 2 rings (SSSR count). The highest BCUT2D eigenvalue weighted by Crippen LogP contribution is 2.42. The van der Waals surface area contributed by atoms with Gasteiger partial charge in [-0.3, -0.25) is 9.59 Å². The number of thioether (sulfide) groups is 1. The van der Waals surface area contributed by atoms with Gasteiger partial charge in [0.1, 0.15) is 11.7 Å². The molecule has 0 radical (unpaired) electrons. The minimum atomic E-state index is -0.949. The lowest BCUT2D eigenvalue weighted by molar-refractivity contribution is -0.125. The summed E-state index contributed by atoms with van der Waals surface area (Å²) in [7, 11) is 1.61. The second kappa shape index (κ2) is 9.49. The van der Waals surface area contributed by atoms with Gasteiger partial charge in [-0.1, -0.05) is 37.7 Å². The fraction of sp³-hybridized carbons (Fsp3) is 0.429. The van der Waals surface area contributed by atoms with Crippen molar-refractivity contribution in [2.45, 2.75) is 32.4 Å². The van der Waals surface area contributed by atoms with Crippen molar-refractivity contribution in [2.75, 3.05) is 13.7 Å². The standard InChI is InChI=1S/C21H24N4O3S/c1-13(18(26)24-10-9-14-5-7-15(28-4)8-6-14)29-20-17(12-23)21(2,3)16(11-22)19(27)25-20/h5-8,13,16H,9-10H2,1-4H3,(H,24,26)(H,25,27)/t13-,16+/m0/s1. The third-order valence-electron chi connectivity index (χ3n) is 4.87. The molecule has 1 heterocycles. The maximum absolute atomic E-state index is 12.4. The van der Waals surface area contributed by atoms with Crippen LogP contribution in [0, 0.1) is 34.0 Å². The summed E-state index contributed by atoms with van der Waals surface area (Å²) < 4.78 is 5.12. The molecule has 2 N–H and O–H groups in total. The van der Waals surface area contributed by atoms with E-state index in [2.05, 4.69) is 16.7 Å². The first kappa shape index (κ1) is 22.3. The van der Waals surface area contributed by atoms with Crippen molar-refractivity contribution in [3.05, 3.63) is 40.4 Å². The van der Waals surface area contributed by atoms with Crippen molar-refractivity contribution in [1.29, 1.82) is 10.5 Å². The molecule has 0 spiro atoms. The number of benzene rings is 1. The normalized spacial score (nSPS) is 18.8. The van der Waals surface area contributed by atoms with Gasteiger partial charge in [0.15, 0.2) is 0 Å². The van der Waals surface area contributed by atoms with E-state index in [9.17, 15) is 20.1 Å². The van der Waals surface area contributed by atoms with E-state index in [1.54, 1.807) is 27.9 Å². The molecule has 7 nitrogen and oxygen atoms in total. The molecule has 1 aromatic carbocycles. The molecular formula is C21H24N4O3S. The van der Waals surface area contributed by atoms with E-state index in [0.29, 0.717) is 23.6 Å². The number of carbonyl (C=O) groups excluding carboxylic acids is 2. The molecule has 2 atom stereocenters. The molecule has 0 saturated carbocycles. The lowest BCUT2D eigenvalue weighted by atomic mass is 9.72. The Bertz CT molecular complexity index is 894. The van der Waals surface area contributed by atoms with E-state index in [1.165, 1.54) is 0 Å². The third kappa shape index (κ3) is 5.10. The third-order valence-corrected chi connectivity index (χ3v) is 5.98. The molecule has 1 aliphatic heterocycles. The van der Waals surface area contributed by atoms with Crippen molar-refractivity contribution in [1.82, 2.24) is 10.6 Å². The van der Waals surface area contributed by atoms with Crippen LogP contribution in [-0.2, 0) is 16.0 Å². The zero-order chi connectivity index (χ0) is 21.6. The summed E-state index contributed by atoms with van der Waals surface area (Å²) in [6, 6.07) is 11.7. The fourth-order valence-corrected chi connectivity index (χ4v) is 4.14. The average Bonchev–Trinajstić information content (AvgIpc) is 2.68. The predicted molar refractivity (Wildman–Crippen MR) is 110 cm³/mol. The van der Waals surface area contributed by atoms with Gasteiger partial charge in [-0.15, -0.1) is 0 Å². The molecule has 0 bridgehead atoms. The second-order valence-electron chi connectivity index (χ2n) is 7.24. The molecular weight excluding hydrogens is 388 g/mol. The first-order valence-electron chi connectivity index (χ1n) is 9.17. The molecule has 1 aromatic rings. The van der Waals surface area contributed by atoms with Crippen molar-refractivity contribution in [3.63, 3.8) is 0 Å². The fourth-order valence-electron chi connectivity index (χ4n) is 3.01. The summed E-state index contributed by atoms with van der Waals surface area (Å²) in [4.78, 5) is 24.7. The number of nitrogens with zero attached hydrogens (tertiary/aromatic N) is 2. The van der Waals surface area contributed by atoms with Crippen LogP contribution in [0.2, 0.25) is 0 Å². The highest BCUT2D eigenvalue weighted by molar-refractivity contribution is 8.04. The summed E-state index contributed by atoms with van der Waals surface area (Å²) in [6.07, 6.45) is 0.673. The minimum Gasteiger partial charge on any atom is -0.497 e. The number of nitriles is 2. The van der Waals surface area contributed by atoms with Gasteiger partial charge in [0.05, 0.1) is 35.1 Å². The van der Waals surface area contributed by atoms with Crippen LogP contribution in [0.1, 0.15) is 26.3 Å². The molecule has 0 aromatic heterocycles. The Morgan fingerprint density at radius 1 is 1.34 bits per heavy atom. The minimum absolute atomic E-state index is 0.192. The Morgan fingerprint density at radius 3 is 2.55 bits per heavy atom. The largest absolute Gasteiger partial charge is 0.497 e. The summed E-state index contributed by atoms with van der Waals surface area (Å²) in [5.74, 6) is -0.815.